The normalized spacial score (nSPS) is 11.4. The SMILES string of the molecule is [B]1N(c2ccccc2)c2ccccc2N1c1ccccn1.[Ir].[c-]1ccccc1-c1ccccn1. The first kappa shape index (κ1) is 23.4. The van der Waals surface area contributed by atoms with E-state index in [1.807, 2.05) is 72.9 Å². The zero-order valence-corrected chi connectivity index (χ0v) is 20.7. The molecule has 6 heteroatoms. The van der Waals surface area contributed by atoms with Gasteiger partial charge in [0.1, 0.15) is 5.82 Å². The summed E-state index contributed by atoms with van der Waals surface area (Å²) in [6.45, 7) is 0. The zero-order valence-electron chi connectivity index (χ0n) is 18.3. The fourth-order valence-corrected chi connectivity index (χ4v) is 3.66. The largest absolute Gasteiger partial charge is 0.402 e. The molecule has 3 aromatic carbocycles. The van der Waals surface area contributed by atoms with Crippen LogP contribution in [0.25, 0.3) is 11.3 Å². The number of hydrogen-bond acceptors (Lipinski definition) is 4. The van der Waals surface area contributed by atoms with Crippen molar-refractivity contribution in [3.8, 4) is 11.3 Å². The third-order valence-corrected chi connectivity index (χ3v) is 5.21. The molecule has 34 heavy (non-hydrogen) atoms. The molecular formula is C28H21BIrN4-. The number of anilines is 4. The Labute approximate surface area is 214 Å². The molecule has 0 aliphatic carbocycles. The van der Waals surface area contributed by atoms with E-state index in [1.165, 1.54) is 0 Å². The minimum absolute atomic E-state index is 0. The van der Waals surface area contributed by atoms with E-state index in [9.17, 15) is 0 Å². The quantitative estimate of drug-likeness (QED) is 0.172. The number of benzene rings is 3. The van der Waals surface area contributed by atoms with Crippen LogP contribution in [0.4, 0.5) is 22.9 Å². The molecule has 0 saturated carbocycles. The monoisotopic (exact) mass is 617 g/mol. The Bertz CT molecular complexity index is 1190. The number of rotatable bonds is 3. The average molecular weight is 617 g/mol. The second-order valence-electron chi connectivity index (χ2n) is 7.36. The van der Waals surface area contributed by atoms with Gasteiger partial charge in [-0.15, -0.1) is 35.9 Å². The van der Waals surface area contributed by atoms with Crippen molar-refractivity contribution in [2.24, 2.45) is 0 Å². The summed E-state index contributed by atoms with van der Waals surface area (Å²) >= 11 is 0. The summed E-state index contributed by atoms with van der Waals surface area (Å²) in [5.74, 6) is 0.920. The molecule has 6 rings (SSSR count). The van der Waals surface area contributed by atoms with Gasteiger partial charge in [-0.25, -0.2) is 4.98 Å². The third-order valence-electron chi connectivity index (χ3n) is 5.21. The van der Waals surface area contributed by atoms with E-state index < -0.39 is 0 Å². The topological polar surface area (TPSA) is 32.3 Å². The number of para-hydroxylation sites is 3. The van der Waals surface area contributed by atoms with E-state index in [1.54, 1.807) is 6.20 Å². The molecule has 2 radical (unpaired) electrons. The first-order valence-corrected chi connectivity index (χ1v) is 10.8. The molecular weight excluding hydrogens is 595 g/mol. The minimum Gasteiger partial charge on any atom is -0.367 e. The van der Waals surface area contributed by atoms with Crippen LogP contribution in [0.3, 0.4) is 0 Å². The number of nitrogens with zero attached hydrogens (tertiary/aromatic N) is 4. The van der Waals surface area contributed by atoms with Gasteiger partial charge >= 0.3 is 7.55 Å². The van der Waals surface area contributed by atoms with Gasteiger partial charge in [-0.05, 0) is 48.2 Å². The van der Waals surface area contributed by atoms with Crippen LogP contribution in [0.2, 0.25) is 0 Å². The fourth-order valence-electron chi connectivity index (χ4n) is 3.66. The summed E-state index contributed by atoms with van der Waals surface area (Å²) in [6, 6.07) is 41.5. The summed E-state index contributed by atoms with van der Waals surface area (Å²) in [6.07, 6.45) is 3.60. The van der Waals surface area contributed by atoms with Crippen molar-refractivity contribution in [3.63, 3.8) is 0 Å². The van der Waals surface area contributed by atoms with Crippen LogP contribution in [0, 0.1) is 6.07 Å². The maximum Gasteiger partial charge on any atom is 0.402 e. The smallest absolute Gasteiger partial charge is 0.367 e. The molecule has 0 N–H and O–H groups in total. The van der Waals surface area contributed by atoms with Crippen LogP contribution in [-0.2, 0) is 20.1 Å². The average Bonchev–Trinajstić information content (AvgIpc) is 3.31. The molecule has 0 atom stereocenters. The molecule has 0 spiro atoms. The molecule has 1 aliphatic heterocycles. The van der Waals surface area contributed by atoms with Crippen molar-refractivity contribution < 1.29 is 20.1 Å². The molecule has 0 saturated heterocycles. The van der Waals surface area contributed by atoms with Crippen LogP contribution in [-0.4, -0.2) is 17.5 Å². The van der Waals surface area contributed by atoms with E-state index in [-0.39, 0.29) is 20.1 Å². The van der Waals surface area contributed by atoms with Gasteiger partial charge in [-0.3, -0.25) is 0 Å². The number of fused-ring (bicyclic) bond motifs is 1. The van der Waals surface area contributed by atoms with Crippen LogP contribution >= 0.6 is 0 Å². The van der Waals surface area contributed by atoms with Crippen molar-refractivity contribution in [1.82, 2.24) is 9.97 Å². The van der Waals surface area contributed by atoms with E-state index in [2.05, 4.69) is 81.7 Å². The van der Waals surface area contributed by atoms with E-state index in [0.29, 0.717) is 0 Å². The second kappa shape index (κ2) is 11.4. The van der Waals surface area contributed by atoms with Gasteiger partial charge < -0.3 is 14.6 Å². The van der Waals surface area contributed by atoms with Crippen LogP contribution in [0.15, 0.2) is 128 Å². The van der Waals surface area contributed by atoms with Crippen LogP contribution in [0.5, 0.6) is 0 Å². The molecule has 1 aliphatic rings. The van der Waals surface area contributed by atoms with Gasteiger partial charge in [0.25, 0.3) is 0 Å². The maximum atomic E-state index is 4.46. The maximum absolute atomic E-state index is 4.46. The Kier molecular flexibility index (Phi) is 7.87. The van der Waals surface area contributed by atoms with E-state index in [0.717, 1.165) is 34.1 Å². The van der Waals surface area contributed by atoms with Crippen LogP contribution in [0.1, 0.15) is 0 Å². The molecule has 0 unspecified atom stereocenters. The minimum atomic E-state index is 0. The number of pyridine rings is 2. The van der Waals surface area contributed by atoms with Crippen LogP contribution < -0.4 is 9.62 Å². The molecule has 2 aromatic heterocycles. The van der Waals surface area contributed by atoms with Crippen molar-refractivity contribution in [2.75, 3.05) is 9.62 Å². The van der Waals surface area contributed by atoms with Gasteiger partial charge in [0.05, 0.1) is 11.4 Å². The van der Waals surface area contributed by atoms with Crippen molar-refractivity contribution in [1.29, 1.82) is 0 Å². The standard InChI is InChI=1S/C17H13BN3.C11H8N.Ir/c1-2-8-14(9-3-1)20-15-10-4-5-11-16(15)21(18-20)17-12-6-7-13-19-17;1-2-6-10(7-3-1)11-8-4-5-9-12-11;/h1-13H;1-6,8-9H;/q;-1;. The van der Waals surface area contributed by atoms with Crippen molar-refractivity contribution >= 4 is 30.4 Å². The number of aromatic nitrogens is 2. The molecule has 0 fully saturated rings. The predicted octanol–water partition coefficient (Wildman–Crippen LogP) is 6.45. The molecule has 3 heterocycles. The molecule has 4 nitrogen and oxygen atoms in total. The Hall–Kier alpha value is -3.73. The Morgan fingerprint density at radius 2 is 1.24 bits per heavy atom. The summed E-state index contributed by atoms with van der Waals surface area (Å²) in [7, 11) is 2.09. The Morgan fingerprint density at radius 3 is 1.88 bits per heavy atom. The molecule has 166 valence electrons. The van der Waals surface area contributed by atoms with E-state index >= 15 is 0 Å². The Morgan fingerprint density at radius 1 is 0.588 bits per heavy atom. The summed E-state index contributed by atoms with van der Waals surface area (Å²) in [5.41, 5.74) is 5.45. The summed E-state index contributed by atoms with van der Waals surface area (Å²) in [4.78, 5) is 13.0. The zero-order chi connectivity index (χ0) is 22.3. The molecule has 0 bridgehead atoms. The molecule has 0 amide bonds. The third kappa shape index (κ3) is 5.25. The van der Waals surface area contributed by atoms with Gasteiger partial charge in [0.2, 0.25) is 0 Å². The fraction of sp³-hybridized carbons (Fsp3) is 0. The first-order valence-electron chi connectivity index (χ1n) is 10.8. The van der Waals surface area contributed by atoms with Gasteiger partial charge in [-0.1, -0.05) is 48.5 Å². The summed E-state index contributed by atoms with van der Waals surface area (Å²) in [5, 5.41) is 0. The number of hydrogen-bond donors (Lipinski definition) is 0. The van der Waals surface area contributed by atoms with E-state index in [4.69, 9.17) is 0 Å². The van der Waals surface area contributed by atoms with Crippen molar-refractivity contribution in [2.45, 2.75) is 0 Å². The molecule has 5 aromatic rings. The second-order valence-corrected chi connectivity index (χ2v) is 7.36. The predicted molar refractivity (Wildman–Crippen MR) is 136 cm³/mol. The summed E-state index contributed by atoms with van der Waals surface area (Å²) < 4.78 is 0. The van der Waals surface area contributed by atoms with Gasteiger partial charge in [0.15, 0.2) is 0 Å². The first-order chi connectivity index (χ1) is 16.4. The van der Waals surface area contributed by atoms with Crippen molar-refractivity contribution in [3.05, 3.63) is 134 Å². The van der Waals surface area contributed by atoms with Gasteiger partial charge in [0, 0.05) is 38.2 Å². The van der Waals surface area contributed by atoms with Gasteiger partial charge in [-0.2, -0.15) is 0 Å². The Balaban J connectivity index is 0.000000180.